The van der Waals surface area contributed by atoms with Gasteiger partial charge in [-0.1, -0.05) is 33.8 Å². The molecule has 1 N–H and O–H groups in total. The highest BCUT2D eigenvalue weighted by molar-refractivity contribution is 5.82. The fourth-order valence-electron chi connectivity index (χ4n) is 6.25. The molecule has 0 radical (unpaired) electrons. The Hall–Kier alpha value is -3.53. The van der Waals surface area contributed by atoms with E-state index in [-0.39, 0.29) is 11.4 Å². The molecule has 3 aliphatic rings. The van der Waals surface area contributed by atoms with E-state index in [9.17, 15) is 9.59 Å². The molecule has 10 heteroatoms. The Bertz CT molecular complexity index is 1250. The van der Waals surface area contributed by atoms with E-state index in [0.29, 0.717) is 13.0 Å². The number of methoxy groups -OCH3 is 2. The number of ether oxygens (including phenoxy) is 2. The van der Waals surface area contributed by atoms with Crippen LogP contribution in [0.25, 0.3) is 0 Å². The summed E-state index contributed by atoms with van der Waals surface area (Å²) in [5.74, 6) is 1.90. The zero-order chi connectivity index (χ0) is 32.3. The van der Waals surface area contributed by atoms with Gasteiger partial charge in [-0.05, 0) is 58.7 Å². The number of fused-ring (bicyclic) bond motifs is 3. The van der Waals surface area contributed by atoms with Crippen molar-refractivity contribution in [2.45, 2.75) is 79.8 Å². The van der Waals surface area contributed by atoms with E-state index in [4.69, 9.17) is 9.47 Å². The summed E-state index contributed by atoms with van der Waals surface area (Å²) in [5, 5.41) is 6.73. The molecule has 1 aromatic heterocycles. The molecule has 3 aliphatic heterocycles. The molecule has 43 heavy (non-hydrogen) atoms. The molecule has 0 unspecified atom stereocenters. The number of aryl methyl sites for hydroxylation is 2. The number of likely N-dealkylation sites (N-methyl/N-ethyl adjacent to an activating group) is 1. The maximum absolute atomic E-state index is 13.1. The SMILES string of the molecule is CC.CC.CCN1C(=O)CN2Cc3cc(OC)cc(OC)c3CC=C2C12CCN(C)CC2.Cc1nn(C)c(C)c1NC=O. The maximum Gasteiger partial charge on any atom is 0.242 e. The van der Waals surface area contributed by atoms with Crippen LogP contribution in [-0.2, 0) is 29.6 Å². The quantitative estimate of drug-likeness (QED) is 0.488. The third-order valence-corrected chi connectivity index (χ3v) is 8.40. The van der Waals surface area contributed by atoms with Gasteiger partial charge in [-0.25, -0.2) is 0 Å². The Morgan fingerprint density at radius 2 is 1.67 bits per heavy atom. The van der Waals surface area contributed by atoms with E-state index in [1.165, 1.54) is 16.8 Å². The smallest absolute Gasteiger partial charge is 0.242 e. The number of nitrogens with one attached hydrogen (secondary N) is 1. The third-order valence-electron chi connectivity index (χ3n) is 8.40. The number of hydrogen-bond donors (Lipinski definition) is 1. The lowest BCUT2D eigenvalue weighted by Crippen LogP contribution is -2.65. The van der Waals surface area contributed by atoms with E-state index >= 15 is 0 Å². The number of hydrogen-bond acceptors (Lipinski definition) is 7. The van der Waals surface area contributed by atoms with Crippen molar-refractivity contribution < 1.29 is 19.1 Å². The highest BCUT2D eigenvalue weighted by atomic mass is 16.5. The lowest BCUT2D eigenvalue weighted by Gasteiger charge is -2.55. The number of anilines is 1. The molecule has 5 rings (SSSR count). The number of rotatable bonds is 5. The van der Waals surface area contributed by atoms with Crippen molar-refractivity contribution >= 4 is 18.0 Å². The van der Waals surface area contributed by atoms with Crippen molar-refractivity contribution in [2.24, 2.45) is 7.05 Å². The normalized spacial score (nSPS) is 16.9. The fraction of sp³-hybridized carbons (Fsp3) is 0.606. The van der Waals surface area contributed by atoms with E-state index in [2.05, 4.69) is 51.2 Å². The Morgan fingerprint density at radius 1 is 1.02 bits per heavy atom. The first-order valence-corrected chi connectivity index (χ1v) is 15.6. The Kier molecular flexibility index (Phi) is 13.6. The standard InChI is InChI=1S/C22H31N3O3.C7H11N3O.2C2H6/c1-5-25-21(26)15-24-14-16-12-17(27-3)13-19(28-4)18(16)6-7-20(24)22(25)8-10-23(2)11-9-22;1-5-7(8-4-11)6(2)10(3)9-5;2*1-2/h7,12-13H,5-6,8-11,14-15H2,1-4H3;4H,1-3H3,(H,8,11);2*1-2H3. The van der Waals surface area contributed by atoms with Crippen LogP contribution in [0.15, 0.2) is 23.9 Å². The second kappa shape index (κ2) is 16.4. The molecule has 4 heterocycles. The van der Waals surface area contributed by atoms with Crippen molar-refractivity contribution in [3.05, 3.63) is 46.4 Å². The number of aromatic nitrogens is 2. The van der Waals surface area contributed by atoms with Gasteiger partial charge in [0.2, 0.25) is 12.3 Å². The lowest BCUT2D eigenvalue weighted by molar-refractivity contribution is -0.145. The summed E-state index contributed by atoms with van der Waals surface area (Å²) in [4.78, 5) is 30.0. The molecule has 2 fully saturated rings. The number of likely N-dealkylation sites (tertiary alicyclic amines) is 1. The first-order valence-electron chi connectivity index (χ1n) is 15.6. The number of carbonyl (C=O) groups is 2. The van der Waals surface area contributed by atoms with Crippen molar-refractivity contribution in [1.82, 2.24) is 24.5 Å². The van der Waals surface area contributed by atoms with E-state index in [1.54, 1.807) is 18.9 Å². The summed E-state index contributed by atoms with van der Waals surface area (Å²) in [6, 6.07) is 4.04. The molecule has 1 aromatic carbocycles. The second-order valence-electron chi connectivity index (χ2n) is 10.5. The van der Waals surface area contributed by atoms with Gasteiger partial charge in [-0.15, -0.1) is 0 Å². The van der Waals surface area contributed by atoms with Crippen LogP contribution in [0, 0.1) is 13.8 Å². The van der Waals surface area contributed by atoms with Crippen LogP contribution in [0.4, 0.5) is 5.69 Å². The average molecular weight is 599 g/mol. The van der Waals surface area contributed by atoms with Crippen molar-refractivity contribution in [3.63, 3.8) is 0 Å². The summed E-state index contributed by atoms with van der Waals surface area (Å²) in [5.41, 5.74) is 6.14. The Balaban J connectivity index is 0.000000361. The minimum Gasteiger partial charge on any atom is -0.497 e. The topological polar surface area (TPSA) is 92.2 Å². The van der Waals surface area contributed by atoms with Gasteiger partial charge in [-0.2, -0.15) is 5.10 Å². The molecule has 1 spiro atoms. The van der Waals surface area contributed by atoms with Gasteiger partial charge >= 0.3 is 0 Å². The first-order chi connectivity index (χ1) is 20.7. The van der Waals surface area contributed by atoms with Crippen LogP contribution < -0.4 is 14.8 Å². The number of piperazine rings is 1. The molecule has 0 bridgehead atoms. The van der Waals surface area contributed by atoms with Crippen molar-refractivity contribution in [3.8, 4) is 11.5 Å². The lowest BCUT2D eigenvalue weighted by atomic mass is 9.79. The van der Waals surface area contributed by atoms with Crippen LogP contribution in [0.5, 0.6) is 11.5 Å². The molecule has 2 amide bonds. The number of benzene rings is 1. The van der Waals surface area contributed by atoms with Gasteiger partial charge in [0.15, 0.2) is 0 Å². The van der Waals surface area contributed by atoms with Gasteiger partial charge in [0, 0.05) is 50.6 Å². The summed E-state index contributed by atoms with van der Waals surface area (Å²) >= 11 is 0. The van der Waals surface area contributed by atoms with Gasteiger partial charge in [0.1, 0.15) is 11.5 Å². The predicted octanol–water partition coefficient (Wildman–Crippen LogP) is 4.93. The minimum atomic E-state index is -0.185. The van der Waals surface area contributed by atoms with Gasteiger partial charge in [0.25, 0.3) is 0 Å². The van der Waals surface area contributed by atoms with Crippen LogP contribution in [0.2, 0.25) is 0 Å². The van der Waals surface area contributed by atoms with E-state index < -0.39 is 0 Å². The Morgan fingerprint density at radius 3 is 2.19 bits per heavy atom. The van der Waals surface area contributed by atoms with Crippen LogP contribution >= 0.6 is 0 Å². The van der Waals surface area contributed by atoms with E-state index in [1.807, 2.05) is 54.7 Å². The molecule has 10 nitrogen and oxygen atoms in total. The average Bonchev–Trinajstić information content (AvgIpc) is 3.15. The number of piperidine rings is 1. The van der Waals surface area contributed by atoms with Gasteiger partial charge in [0.05, 0.1) is 43.4 Å². The largest absolute Gasteiger partial charge is 0.497 e. The number of carbonyl (C=O) groups excluding carboxylic acids is 2. The first kappa shape index (κ1) is 35.7. The highest BCUT2D eigenvalue weighted by Gasteiger charge is 2.49. The predicted molar refractivity (Wildman–Crippen MR) is 174 cm³/mol. The summed E-state index contributed by atoms with van der Waals surface area (Å²) in [7, 11) is 7.40. The molecule has 0 aliphatic carbocycles. The van der Waals surface area contributed by atoms with Gasteiger partial charge in [-0.3, -0.25) is 14.3 Å². The summed E-state index contributed by atoms with van der Waals surface area (Å²) in [6.07, 6.45) is 5.81. The second-order valence-corrected chi connectivity index (χ2v) is 10.5. The zero-order valence-corrected chi connectivity index (χ0v) is 28.3. The summed E-state index contributed by atoms with van der Waals surface area (Å²) in [6.45, 7) is 17.8. The van der Waals surface area contributed by atoms with Crippen LogP contribution in [0.1, 0.15) is 70.0 Å². The fourth-order valence-corrected chi connectivity index (χ4v) is 6.25. The molecular formula is C33H54N6O4. The van der Waals surface area contributed by atoms with E-state index in [0.717, 1.165) is 74.0 Å². The third kappa shape index (κ3) is 7.52. The van der Waals surface area contributed by atoms with Crippen LogP contribution in [-0.4, -0.2) is 89.8 Å². The van der Waals surface area contributed by atoms with Crippen molar-refractivity contribution in [2.75, 3.05) is 52.8 Å². The number of nitrogens with zero attached hydrogens (tertiary/aromatic N) is 5. The van der Waals surface area contributed by atoms with Gasteiger partial charge < -0.3 is 29.5 Å². The minimum absolute atomic E-state index is 0.185. The molecule has 240 valence electrons. The molecular weight excluding hydrogens is 544 g/mol. The summed E-state index contributed by atoms with van der Waals surface area (Å²) < 4.78 is 12.9. The molecule has 0 saturated carbocycles. The molecule has 2 aromatic rings. The number of amides is 2. The maximum atomic E-state index is 13.1. The highest BCUT2D eigenvalue weighted by Crippen LogP contribution is 2.43. The zero-order valence-electron chi connectivity index (χ0n) is 28.3. The molecule has 2 saturated heterocycles. The Labute approximate surface area is 259 Å². The molecule has 0 atom stereocenters. The van der Waals surface area contributed by atoms with Crippen molar-refractivity contribution in [1.29, 1.82) is 0 Å². The van der Waals surface area contributed by atoms with Crippen LogP contribution in [0.3, 0.4) is 0 Å². The monoisotopic (exact) mass is 598 g/mol. The number of allylic oxidation sites excluding steroid dienone is 1.